The maximum Gasteiger partial charge on any atom is 0.254 e. The Hall–Kier alpha value is -2.27. The fourth-order valence-corrected chi connectivity index (χ4v) is 2.18. The summed E-state index contributed by atoms with van der Waals surface area (Å²) in [5, 5.41) is 2.94. The van der Waals surface area contributed by atoms with E-state index < -0.39 is 0 Å². The maximum absolute atomic E-state index is 12.1. The summed E-state index contributed by atoms with van der Waals surface area (Å²) in [7, 11) is 4.01. The van der Waals surface area contributed by atoms with Gasteiger partial charge < -0.3 is 10.2 Å². The van der Waals surface area contributed by atoms with Crippen LogP contribution in [0.15, 0.2) is 43.0 Å². The minimum Gasteiger partial charge on any atom is -0.350 e. The van der Waals surface area contributed by atoms with Crippen molar-refractivity contribution in [3.63, 3.8) is 0 Å². The number of rotatable bonds is 5. The van der Waals surface area contributed by atoms with Crippen molar-refractivity contribution < 1.29 is 4.79 Å². The van der Waals surface area contributed by atoms with Crippen LogP contribution < -0.4 is 5.32 Å². The Morgan fingerprint density at radius 3 is 2.62 bits per heavy atom. The van der Waals surface area contributed by atoms with E-state index in [-0.39, 0.29) is 11.9 Å². The largest absolute Gasteiger partial charge is 0.350 e. The number of nitrogens with zero attached hydrogens (tertiary/aromatic N) is 3. The number of aryl methyl sites for hydroxylation is 1. The lowest BCUT2D eigenvalue weighted by Gasteiger charge is -2.25. The average Bonchev–Trinajstić information content (AvgIpc) is 2.48. The second-order valence-corrected chi connectivity index (χ2v) is 5.23. The van der Waals surface area contributed by atoms with Gasteiger partial charge in [0.25, 0.3) is 5.91 Å². The number of benzene rings is 1. The fraction of sp³-hybridized carbons (Fsp3) is 0.312. The van der Waals surface area contributed by atoms with Gasteiger partial charge in [-0.15, -0.1) is 0 Å². The predicted molar refractivity (Wildman–Crippen MR) is 82.0 cm³/mol. The maximum atomic E-state index is 12.1. The second kappa shape index (κ2) is 6.95. The van der Waals surface area contributed by atoms with Crippen LogP contribution in [0.2, 0.25) is 0 Å². The van der Waals surface area contributed by atoms with E-state index in [2.05, 4.69) is 45.3 Å². The molecule has 21 heavy (non-hydrogen) atoms. The molecular formula is C16H20N4O. The Morgan fingerprint density at radius 2 is 2.00 bits per heavy atom. The highest BCUT2D eigenvalue weighted by Crippen LogP contribution is 2.18. The minimum atomic E-state index is -0.157. The molecule has 110 valence electrons. The molecule has 0 saturated heterocycles. The van der Waals surface area contributed by atoms with Crippen molar-refractivity contribution in [1.82, 2.24) is 20.2 Å². The lowest BCUT2D eigenvalue weighted by Crippen LogP contribution is -2.34. The zero-order valence-corrected chi connectivity index (χ0v) is 12.6. The molecule has 0 spiro atoms. The third-order valence-corrected chi connectivity index (χ3v) is 3.33. The van der Waals surface area contributed by atoms with Crippen molar-refractivity contribution in [1.29, 1.82) is 0 Å². The Morgan fingerprint density at radius 1 is 1.29 bits per heavy atom. The number of carbonyl (C=O) groups excluding carboxylic acids is 1. The summed E-state index contributed by atoms with van der Waals surface area (Å²) in [6.45, 7) is 2.60. The van der Waals surface area contributed by atoms with Gasteiger partial charge in [0.1, 0.15) is 6.33 Å². The molecule has 1 aromatic carbocycles. The number of likely N-dealkylation sites (N-methyl/N-ethyl adjacent to an activating group) is 1. The van der Waals surface area contributed by atoms with E-state index in [1.807, 2.05) is 20.2 Å². The molecule has 0 aliphatic rings. The first-order chi connectivity index (χ1) is 10.1. The molecule has 1 amide bonds. The Kier molecular flexibility index (Phi) is 5.00. The summed E-state index contributed by atoms with van der Waals surface area (Å²) in [5.41, 5.74) is 2.87. The van der Waals surface area contributed by atoms with Gasteiger partial charge in [0.2, 0.25) is 0 Å². The van der Waals surface area contributed by atoms with Gasteiger partial charge >= 0.3 is 0 Å². The number of hydrogen-bond donors (Lipinski definition) is 1. The van der Waals surface area contributed by atoms with Gasteiger partial charge in [0, 0.05) is 18.9 Å². The van der Waals surface area contributed by atoms with Crippen LogP contribution in [-0.4, -0.2) is 41.4 Å². The van der Waals surface area contributed by atoms with Gasteiger partial charge in [0.05, 0.1) is 11.6 Å². The predicted octanol–water partition coefficient (Wildman–Crippen LogP) is 1.82. The molecule has 1 aromatic heterocycles. The molecule has 0 fully saturated rings. The van der Waals surface area contributed by atoms with Crippen LogP contribution in [0.5, 0.6) is 0 Å². The SMILES string of the molecule is Cc1cccc([C@H](CNC(=O)c2cncnc2)N(C)C)c1. The zero-order valence-electron chi connectivity index (χ0n) is 12.6. The van der Waals surface area contributed by atoms with E-state index in [0.29, 0.717) is 12.1 Å². The lowest BCUT2D eigenvalue weighted by atomic mass is 10.0. The highest BCUT2D eigenvalue weighted by molar-refractivity contribution is 5.93. The molecule has 5 heteroatoms. The topological polar surface area (TPSA) is 58.1 Å². The van der Waals surface area contributed by atoms with Gasteiger partial charge in [-0.25, -0.2) is 9.97 Å². The first kappa shape index (κ1) is 15.1. The van der Waals surface area contributed by atoms with Crippen molar-refractivity contribution >= 4 is 5.91 Å². The van der Waals surface area contributed by atoms with Crippen molar-refractivity contribution in [2.75, 3.05) is 20.6 Å². The number of amides is 1. The van der Waals surface area contributed by atoms with Gasteiger partial charge in [0.15, 0.2) is 0 Å². The third kappa shape index (κ3) is 4.10. The summed E-state index contributed by atoms with van der Waals surface area (Å²) in [6.07, 6.45) is 4.44. The lowest BCUT2D eigenvalue weighted by molar-refractivity contribution is 0.0941. The highest BCUT2D eigenvalue weighted by atomic mass is 16.1. The Bertz CT molecular complexity index is 598. The summed E-state index contributed by atoms with van der Waals surface area (Å²) < 4.78 is 0. The van der Waals surface area contributed by atoms with Crippen LogP contribution in [0.4, 0.5) is 0 Å². The fourth-order valence-electron chi connectivity index (χ4n) is 2.18. The summed E-state index contributed by atoms with van der Waals surface area (Å²) in [4.78, 5) is 21.9. The van der Waals surface area contributed by atoms with Crippen LogP contribution >= 0.6 is 0 Å². The Labute approximate surface area is 125 Å². The molecule has 0 aliphatic carbocycles. The van der Waals surface area contributed by atoms with Crippen LogP contribution in [0.3, 0.4) is 0 Å². The van der Waals surface area contributed by atoms with Crippen LogP contribution in [0.1, 0.15) is 27.5 Å². The smallest absolute Gasteiger partial charge is 0.254 e. The molecule has 0 radical (unpaired) electrons. The third-order valence-electron chi connectivity index (χ3n) is 3.33. The number of aromatic nitrogens is 2. The van der Waals surface area contributed by atoms with E-state index >= 15 is 0 Å². The van der Waals surface area contributed by atoms with E-state index in [4.69, 9.17) is 0 Å². The average molecular weight is 284 g/mol. The molecule has 1 atom stereocenters. The zero-order chi connectivity index (χ0) is 15.2. The van der Waals surface area contributed by atoms with Crippen LogP contribution in [-0.2, 0) is 0 Å². The molecule has 2 rings (SSSR count). The van der Waals surface area contributed by atoms with Gasteiger partial charge in [-0.05, 0) is 26.6 Å². The van der Waals surface area contributed by atoms with Crippen LogP contribution in [0, 0.1) is 6.92 Å². The Balaban J connectivity index is 2.06. The van der Waals surface area contributed by atoms with Crippen molar-refractivity contribution in [2.45, 2.75) is 13.0 Å². The molecule has 1 N–H and O–H groups in total. The quantitative estimate of drug-likeness (QED) is 0.910. The number of nitrogens with one attached hydrogen (secondary N) is 1. The minimum absolute atomic E-state index is 0.124. The van der Waals surface area contributed by atoms with E-state index in [0.717, 1.165) is 0 Å². The first-order valence-electron chi connectivity index (χ1n) is 6.84. The molecular weight excluding hydrogens is 264 g/mol. The summed E-state index contributed by atoms with van der Waals surface area (Å²) >= 11 is 0. The summed E-state index contributed by atoms with van der Waals surface area (Å²) in [6, 6.07) is 8.45. The molecule has 1 heterocycles. The van der Waals surface area contributed by atoms with E-state index in [1.54, 1.807) is 0 Å². The molecule has 0 bridgehead atoms. The van der Waals surface area contributed by atoms with Crippen LogP contribution in [0.25, 0.3) is 0 Å². The molecule has 2 aromatic rings. The normalized spacial score (nSPS) is 12.2. The van der Waals surface area contributed by atoms with Crippen molar-refractivity contribution in [3.8, 4) is 0 Å². The number of hydrogen-bond acceptors (Lipinski definition) is 4. The van der Waals surface area contributed by atoms with E-state index in [1.165, 1.54) is 29.8 Å². The molecule has 0 saturated carbocycles. The van der Waals surface area contributed by atoms with Gasteiger partial charge in [-0.2, -0.15) is 0 Å². The first-order valence-corrected chi connectivity index (χ1v) is 6.84. The number of carbonyl (C=O) groups is 1. The molecule has 5 nitrogen and oxygen atoms in total. The van der Waals surface area contributed by atoms with Gasteiger partial charge in [-0.1, -0.05) is 29.8 Å². The van der Waals surface area contributed by atoms with Crippen molar-refractivity contribution in [3.05, 3.63) is 59.7 Å². The summed E-state index contributed by atoms with van der Waals surface area (Å²) in [5.74, 6) is -0.157. The van der Waals surface area contributed by atoms with Crippen molar-refractivity contribution in [2.24, 2.45) is 0 Å². The standard InChI is InChI=1S/C16H20N4O/c1-12-5-4-6-13(7-12)15(20(2)3)10-19-16(21)14-8-17-11-18-9-14/h4-9,11,15H,10H2,1-3H3,(H,19,21)/t15-/m0/s1. The second-order valence-electron chi connectivity index (χ2n) is 5.23. The monoisotopic (exact) mass is 284 g/mol. The van der Waals surface area contributed by atoms with Gasteiger partial charge in [-0.3, -0.25) is 4.79 Å². The molecule has 0 aliphatic heterocycles. The van der Waals surface area contributed by atoms with E-state index in [9.17, 15) is 4.79 Å². The highest BCUT2D eigenvalue weighted by Gasteiger charge is 2.16. The molecule has 0 unspecified atom stereocenters.